The minimum atomic E-state index is -0.722. The Labute approximate surface area is 154 Å². The average Bonchev–Trinajstić information content (AvgIpc) is 2.69. The number of aliphatic hydroxyl groups excluding tert-OH is 1. The second-order valence-corrected chi connectivity index (χ2v) is 6.64. The van der Waals surface area contributed by atoms with Gasteiger partial charge < -0.3 is 19.9 Å². The first-order chi connectivity index (χ1) is 12.6. The number of aliphatic hydroxyl groups is 1. The van der Waals surface area contributed by atoms with Crippen molar-refractivity contribution >= 4 is 11.7 Å². The van der Waals surface area contributed by atoms with E-state index >= 15 is 0 Å². The van der Waals surface area contributed by atoms with Gasteiger partial charge in [-0.25, -0.2) is 0 Å². The van der Waals surface area contributed by atoms with Crippen LogP contribution in [0.15, 0.2) is 24.3 Å². The first-order valence-corrected chi connectivity index (χ1v) is 9.41. The first kappa shape index (κ1) is 20.4. The fourth-order valence-corrected chi connectivity index (χ4v) is 2.91. The number of hydrogen-bond acceptors (Lipinski definition) is 5. The lowest BCUT2D eigenvalue weighted by atomic mass is 9.98. The van der Waals surface area contributed by atoms with Crippen molar-refractivity contribution in [3.63, 3.8) is 0 Å². The van der Waals surface area contributed by atoms with E-state index in [-0.39, 0.29) is 37.6 Å². The summed E-state index contributed by atoms with van der Waals surface area (Å²) in [6.45, 7) is 2.04. The van der Waals surface area contributed by atoms with E-state index in [1.807, 2.05) is 6.92 Å². The second kappa shape index (κ2) is 10.9. The molecule has 2 N–H and O–H groups in total. The topological polar surface area (TPSA) is 84.9 Å². The van der Waals surface area contributed by atoms with Crippen LogP contribution in [0.1, 0.15) is 55.8 Å². The molecule has 26 heavy (non-hydrogen) atoms. The summed E-state index contributed by atoms with van der Waals surface area (Å²) in [7, 11) is 0. The number of ether oxygens (including phenoxy) is 2. The Balaban J connectivity index is 1.61. The molecule has 0 aliphatic heterocycles. The number of carbonyl (C=O) groups is 2. The van der Waals surface area contributed by atoms with Gasteiger partial charge in [0.2, 0.25) is 0 Å². The first-order valence-electron chi connectivity index (χ1n) is 9.41. The molecule has 1 unspecified atom stereocenters. The molecule has 1 aliphatic rings. The van der Waals surface area contributed by atoms with Gasteiger partial charge in [0.1, 0.15) is 5.75 Å². The van der Waals surface area contributed by atoms with Crippen molar-refractivity contribution in [3.05, 3.63) is 29.8 Å². The maximum Gasteiger partial charge on any atom is 0.258 e. The molecule has 0 heterocycles. The standard InChI is InChI=1S/C20H29NO5/c1-2-19(23)15-8-10-18(11-9-15)26-14-20(24)21-12-16(22)13-25-17-6-4-3-5-7-17/h8-11,16-17,22H,2-7,12-14H2,1H3,(H,21,24). The molecule has 1 fully saturated rings. The molecule has 144 valence electrons. The molecule has 1 aliphatic carbocycles. The number of benzene rings is 1. The van der Waals surface area contributed by atoms with Crippen molar-refractivity contribution < 1.29 is 24.2 Å². The van der Waals surface area contributed by atoms with Crippen molar-refractivity contribution in [2.24, 2.45) is 0 Å². The highest BCUT2D eigenvalue weighted by atomic mass is 16.5. The van der Waals surface area contributed by atoms with E-state index in [1.165, 1.54) is 19.3 Å². The molecule has 1 aromatic rings. The molecular weight excluding hydrogens is 334 g/mol. The number of carbonyl (C=O) groups excluding carboxylic acids is 2. The summed E-state index contributed by atoms with van der Waals surface area (Å²) >= 11 is 0. The SMILES string of the molecule is CCC(=O)c1ccc(OCC(=O)NCC(O)COC2CCCCC2)cc1. The van der Waals surface area contributed by atoms with Crippen LogP contribution >= 0.6 is 0 Å². The molecule has 0 aromatic heterocycles. The van der Waals surface area contributed by atoms with Gasteiger partial charge in [-0.05, 0) is 37.1 Å². The maximum atomic E-state index is 11.8. The highest BCUT2D eigenvalue weighted by molar-refractivity contribution is 5.95. The highest BCUT2D eigenvalue weighted by Gasteiger charge is 2.16. The van der Waals surface area contributed by atoms with Crippen LogP contribution in [0, 0.1) is 0 Å². The lowest BCUT2D eigenvalue weighted by molar-refractivity contribution is -0.123. The molecule has 6 nitrogen and oxygen atoms in total. The number of nitrogens with one attached hydrogen (secondary N) is 1. The van der Waals surface area contributed by atoms with Gasteiger partial charge in [-0.3, -0.25) is 9.59 Å². The van der Waals surface area contributed by atoms with Crippen molar-refractivity contribution in [1.29, 1.82) is 0 Å². The summed E-state index contributed by atoms with van der Waals surface area (Å²) in [5.74, 6) is 0.281. The van der Waals surface area contributed by atoms with Gasteiger partial charge in [-0.2, -0.15) is 0 Å². The van der Waals surface area contributed by atoms with Crippen molar-refractivity contribution in [3.8, 4) is 5.75 Å². The van der Waals surface area contributed by atoms with Crippen LogP contribution in [0.4, 0.5) is 0 Å². The molecule has 0 spiro atoms. The van der Waals surface area contributed by atoms with Crippen LogP contribution in [0.25, 0.3) is 0 Å². The van der Waals surface area contributed by atoms with E-state index in [2.05, 4.69) is 5.32 Å². The smallest absolute Gasteiger partial charge is 0.258 e. The van der Waals surface area contributed by atoms with E-state index in [0.717, 1.165) is 12.8 Å². The summed E-state index contributed by atoms with van der Waals surface area (Å²) in [6, 6.07) is 6.71. The van der Waals surface area contributed by atoms with Crippen molar-refractivity contribution in [2.45, 2.75) is 57.7 Å². The lowest BCUT2D eigenvalue weighted by Gasteiger charge is -2.23. The lowest BCUT2D eigenvalue weighted by Crippen LogP contribution is -2.38. The fourth-order valence-electron chi connectivity index (χ4n) is 2.91. The summed E-state index contributed by atoms with van der Waals surface area (Å²) in [6.07, 6.45) is 5.70. The number of Topliss-reactive ketones (excluding diaryl/α,β-unsaturated/α-hetero) is 1. The fraction of sp³-hybridized carbons (Fsp3) is 0.600. The second-order valence-electron chi connectivity index (χ2n) is 6.64. The van der Waals surface area contributed by atoms with Gasteiger partial charge in [-0.1, -0.05) is 26.2 Å². The van der Waals surface area contributed by atoms with Crippen molar-refractivity contribution in [2.75, 3.05) is 19.8 Å². The predicted octanol–water partition coefficient (Wildman–Crippen LogP) is 2.48. The number of amides is 1. The van der Waals surface area contributed by atoms with Crippen LogP contribution in [-0.2, 0) is 9.53 Å². The number of rotatable bonds is 10. The van der Waals surface area contributed by atoms with Crippen LogP contribution in [-0.4, -0.2) is 48.8 Å². The van der Waals surface area contributed by atoms with E-state index < -0.39 is 6.10 Å². The minimum absolute atomic E-state index is 0.0683. The quantitative estimate of drug-likeness (QED) is 0.624. The molecule has 1 atom stereocenters. The van der Waals surface area contributed by atoms with E-state index in [1.54, 1.807) is 24.3 Å². The Morgan fingerprint density at radius 3 is 2.54 bits per heavy atom. The Hall–Kier alpha value is -1.92. The maximum absolute atomic E-state index is 11.8. The third-order valence-corrected chi connectivity index (χ3v) is 4.48. The molecular formula is C20H29NO5. The van der Waals surface area contributed by atoms with Gasteiger partial charge in [0, 0.05) is 18.5 Å². The normalized spacial score (nSPS) is 16.1. The molecule has 6 heteroatoms. The van der Waals surface area contributed by atoms with Crippen LogP contribution < -0.4 is 10.1 Å². The predicted molar refractivity (Wildman–Crippen MR) is 98.4 cm³/mol. The number of ketones is 1. The number of hydrogen-bond donors (Lipinski definition) is 2. The third-order valence-electron chi connectivity index (χ3n) is 4.48. The summed E-state index contributed by atoms with van der Waals surface area (Å²) in [5, 5.41) is 12.5. The average molecular weight is 363 g/mol. The van der Waals surface area contributed by atoms with Crippen molar-refractivity contribution in [1.82, 2.24) is 5.32 Å². The Bertz CT molecular complexity index is 566. The zero-order valence-electron chi connectivity index (χ0n) is 15.4. The molecule has 2 rings (SSSR count). The van der Waals surface area contributed by atoms with Gasteiger partial charge in [0.25, 0.3) is 5.91 Å². The monoisotopic (exact) mass is 363 g/mol. The summed E-state index contributed by atoms with van der Waals surface area (Å²) in [5.41, 5.74) is 0.630. The Morgan fingerprint density at radius 1 is 1.19 bits per heavy atom. The van der Waals surface area contributed by atoms with E-state index in [4.69, 9.17) is 9.47 Å². The van der Waals surface area contributed by atoms with Crippen LogP contribution in [0.5, 0.6) is 5.75 Å². The summed E-state index contributed by atoms with van der Waals surface area (Å²) < 4.78 is 11.1. The van der Waals surface area contributed by atoms with Gasteiger partial charge >= 0.3 is 0 Å². The van der Waals surface area contributed by atoms with Gasteiger partial charge in [-0.15, -0.1) is 0 Å². The van der Waals surface area contributed by atoms with Gasteiger partial charge in [0.05, 0.1) is 18.8 Å². The van der Waals surface area contributed by atoms with Gasteiger partial charge in [0.15, 0.2) is 12.4 Å². The van der Waals surface area contributed by atoms with Crippen LogP contribution in [0.3, 0.4) is 0 Å². The van der Waals surface area contributed by atoms with Crippen LogP contribution in [0.2, 0.25) is 0 Å². The van der Waals surface area contributed by atoms with E-state index in [9.17, 15) is 14.7 Å². The minimum Gasteiger partial charge on any atom is -0.484 e. The highest BCUT2D eigenvalue weighted by Crippen LogP contribution is 2.20. The zero-order valence-corrected chi connectivity index (χ0v) is 15.4. The zero-order chi connectivity index (χ0) is 18.8. The largest absolute Gasteiger partial charge is 0.484 e. The molecule has 0 bridgehead atoms. The molecule has 0 radical (unpaired) electrons. The molecule has 1 aromatic carbocycles. The molecule has 0 saturated heterocycles. The Kier molecular flexibility index (Phi) is 8.58. The molecule has 1 amide bonds. The Morgan fingerprint density at radius 2 is 1.88 bits per heavy atom. The summed E-state index contributed by atoms with van der Waals surface area (Å²) in [4.78, 5) is 23.4. The third kappa shape index (κ3) is 7.14. The molecule has 1 saturated carbocycles. The van der Waals surface area contributed by atoms with E-state index in [0.29, 0.717) is 17.7 Å².